The van der Waals surface area contributed by atoms with Gasteiger partial charge in [0, 0.05) is 6.20 Å². The van der Waals surface area contributed by atoms with Gasteiger partial charge in [0.15, 0.2) is 0 Å². The molecule has 20 heavy (non-hydrogen) atoms. The van der Waals surface area contributed by atoms with Gasteiger partial charge in [-0.15, -0.1) is 0 Å². The van der Waals surface area contributed by atoms with E-state index in [1.54, 1.807) is 0 Å². The van der Waals surface area contributed by atoms with Crippen molar-refractivity contribution in [3.8, 4) is 0 Å². The molecule has 0 aliphatic rings. The van der Waals surface area contributed by atoms with Crippen molar-refractivity contribution in [3.05, 3.63) is 53.7 Å². The van der Waals surface area contributed by atoms with Crippen LogP contribution >= 0.6 is 0 Å². The number of hydrogen-bond acceptors (Lipinski definition) is 4. The van der Waals surface area contributed by atoms with E-state index < -0.39 is 5.97 Å². The van der Waals surface area contributed by atoms with Crippen LogP contribution in [0.2, 0.25) is 0 Å². The van der Waals surface area contributed by atoms with Crippen LogP contribution in [0.5, 0.6) is 0 Å². The van der Waals surface area contributed by atoms with E-state index >= 15 is 0 Å². The number of hydrogen-bond donors (Lipinski definition) is 3. The summed E-state index contributed by atoms with van der Waals surface area (Å²) in [5.74, 6) is -0.531. The molecule has 1 heterocycles. The first kappa shape index (κ1) is 13.9. The smallest absolute Gasteiger partial charge is 0.337 e. The Bertz CT molecular complexity index is 599. The summed E-state index contributed by atoms with van der Waals surface area (Å²) in [6.45, 7) is 2.06. The zero-order valence-electron chi connectivity index (χ0n) is 11.2. The Labute approximate surface area is 117 Å². The van der Waals surface area contributed by atoms with Crippen LogP contribution in [0.4, 0.5) is 11.5 Å². The van der Waals surface area contributed by atoms with E-state index in [0.29, 0.717) is 11.5 Å². The highest BCUT2D eigenvalue weighted by Crippen LogP contribution is 2.25. The van der Waals surface area contributed by atoms with Crippen LogP contribution in [0.3, 0.4) is 0 Å². The highest BCUT2D eigenvalue weighted by Gasteiger charge is 2.13. The molecule has 1 atom stereocenters. The third-order valence-electron chi connectivity index (χ3n) is 3.09. The molecule has 1 unspecified atom stereocenters. The molecule has 0 fully saturated rings. The highest BCUT2D eigenvalue weighted by atomic mass is 16.4. The fraction of sp³-hybridized carbons (Fsp3) is 0.200. The second-order valence-corrected chi connectivity index (χ2v) is 4.48. The first-order chi connectivity index (χ1) is 9.61. The Morgan fingerprint density at radius 2 is 2.10 bits per heavy atom. The lowest BCUT2D eigenvalue weighted by Gasteiger charge is -2.19. The van der Waals surface area contributed by atoms with Crippen molar-refractivity contribution < 1.29 is 9.90 Å². The van der Waals surface area contributed by atoms with Crippen LogP contribution < -0.4 is 11.1 Å². The van der Waals surface area contributed by atoms with Gasteiger partial charge in [-0.3, -0.25) is 0 Å². The molecule has 0 aliphatic carbocycles. The third-order valence-corrected chi connectivity index (χ3v) is 3.09. The number of rotatable bonds is 5. The van der Waals surface area contributed by atoms with Crippen molar-refractivity contribution in [1.82, 2.24) is 4.98 Å². The van der Waals surface area contributed by atoms with Gasteiger partial charge < -0.3 is 16.2 Å². The minimum atomic E-state index is -1.04. The van der Waals surface area contributed by atoms with E-state index in [1.165, 1.54) is 12.3 Å². The normalized spacial score (nSPS) is 11.8. The molecule has 2 rings (SSSR count). The Morgan fingerprint density at radius 1 is 1.40 bits per heavy atom. The zero-order valence-corrected chi connectivity index (χ0v) is 11.2. The molecule has 2 aromatic rings. The minimum absolute atomic E-state index is 0.0841. The van der Waals surface area contributed by atoms with Crippen molar-refractivity contribution in [2.75, 3.05) is 11.1 Å². The van der Waals surface area contributed by atoms with Crippen LogP contribution in [0, 0.1) is 0 Å². The maximum Gasteiger partial charge on any atom is 0.337 e. The molecule has 4 N–H and O–H groups in total. The Morgan fingerprint density at radius 3 is 2.65 bits per heavy atom. The summed E-state index contributed by atoms with van der Waals surface area (Å²) in [5, 5.41) is 12.1. The Balaban J connectivity index is 2.22. The van der Waals surface area contributed by atoms with Crippen molar-refractivity contribution in [3.63, 3.8) is 0 Å². The molecular formula is C15H17N3O2. The predicted molar refractivity (Wildman–Crippen MR) is 78.7 cm³/mol. The number of carboxylic acid groups (broad SMARTS) is 1. The molecule has 5 nitrogen and oxygen atoms in total. The molecule has 0 saturated carbocycles. The van der Waals surface area contributed by atoms with E-state index in [9.17, 15) is 4.79 Å². The number of nitrogens with two attached hydrogens (primary N) is 1. The summed E-state index contributed by atoms with van der Waals surface area (Å²) in [6.07, 6.45) is 2.17. The molecule has 0 radical (unpaired) electrons. The van der Waals surface area contributed by atoms with Crippen LogP contribution in [0.15, 0.2) is 42.6 Å². The Kier molecular flexibility index (Phi) is 4.20. The van der Waals surface area contributed by atoms with E-state index in [4.69, 9.17) is 10.8 Å². The number of carboxylic acids is 1. The zero-order chi connectivity index (χ0) is 14.5. The second-order valence-electron chi connectivity index (χ2n) is 4.48. The van der Waals surface area contributed by atoms with E-state index in [-0.39, 0.29) is 11.6 Å². The van der Waals surface area contributed by atoms with Crippen molar-refractivity contribution in [1.29, 1.82) is 0 Å². The molecule has 0 aliphatic heterocycles. The van der Waals surface area contributed by atoms with Crippen LogP contribution in [0.1, 0.15) is 35.3 Å². The van der Waals surface area contributed by atoms with Gasteiger partial charge in [0.25, 0.3) is 0 Å². The van der Waals surface area contributed by atoms with Crippen LogP contribution in [-0.2, 0) is 0 Å². The number of nitrogens with one attached hydrogen (secondary N) is 1. The molecule has 0 bridgehead atoms. The number of carbonyl (C=O) groups is 1. The number of benzene rings is 1. The van der Waals surface area contributed by atoms with Gasteiger partial charge in [-0.1, -0.05) is 37.3 Å². The lowest BCUT2D eigenvalue weighted by molar-refractivity contribution is 0.0696. The number of pyridine rings is 1. The summed E-state index contributed by atoms with van der Waals surface area (Å²) >= 11 is 0. The second kappa shape index (κ2) is 6.06. The molecule has 0 saturated heterocycles. The maximum absolute atomic E-state index is 10.8. The van der Waals surface area contributed by atoms with Crippen molar-refractivity contribution in [2.45, 2.75) is 19.4 Å². The fourth-order valence-electron chi connectivity index (χ4n) is 1.99. The summed E-state index contributed by atoms with van der Waals surface area (Å²) in [5.41, 5.74) is 7.41. The van der Waals surface area contributed by atoms with Crippen LogP contribution in [-0.4, -0.2) is 16.1 Å². The standard InChI is InChI=1S/C15H17N3O2/c1-2-13(10-6-4-3-5-7-10)18-14-12(16)8-11(9-17-14)15(19)20/h3-9,13H,2,16H2,1H3,(H,17,18)(H,19,20). The topological polar surface area (TPSA) is 88.2 Å². The lowest BCUT2D eigenvalue weighted by Crippen LogP contribution is -2.13. The lowest BCUT2D eigenvalue weighted by atomic mass is 10.0. The molecule has 1 aromatic heterocycles. The van der Waals surface area contributed by atoms with Gasteiger partial charge in [0.05, 0.1) is 17.3 Å². The molecule has 0 spiro atoms. The molecular weight excluding hydrogens is 254 g/mol. The summed E-state index contributed by atoms with van der Waals surface area (Å²) in [6, 6.07) is 11.5. The quantitative estimate of drug-likeness (QED) is 0.778. The average Bonchev–Trinajstić information content (AvgIpc) is 2.46. The summed E-state index contributed by atoms with van der Waals surface area (Å²) < 4.78 is 0. The van der Waals surface area contributed by atoms with Gasteiger partial charge in [-0.25, -0.2) is 9.78 Å². The van der Waals surface area contributed by atoms with Gasteiger partial charge in [0.2, 0.25) is 0 Å². The molecule has 5 heteroatoms. The number of anilines is 2. The molecule has 104 valence electrons. The van der Waals surface area contributed by atoms with Crippen molar-refractivity contribution >= 4 is 17.5 Å². The minimum Gasteiger partial charge on any atom is -0.478 e. The Hall–Kier alpha value is -2.56. The first-order valence-corrected chi connectivity index (χ1v) is 6.42. The average molecular weight is 271 g/mol. The summed E-state index contributed by atoms with van der Waals surface area (Å²) in [7, 11) is 0. The number of aromatic carboxylic acids is 1. The van der Waals surface area contributed by atoms with E-state index in [0.717, 1.165) is 12.0 Å². The monoisotopic (exact) mass is 271 g/mol. The molecule has 0 amide bonds. The SMILES string of the molecule is CCC(Nc1ncc(C(=O)O)cc1N)c1ccccc1. The number of aromatic nitrogens is 1. The van der Waals surface area contributed by atoms with Gasteiger partial charge in [-0.05, 0) is 18.1 Å². The van der Waals surface area contributed by atoms with E-state index in [2.05, 4.69) is 17.2 Å². The third kappa shape index (κ3) is 3.06. The number of nitrogens with zero attached hydrogens (tertiary/aromatic N) is 1. The van der Waals surface area contributed by atoms with Crippen molar-refractivity contribution in [2.24, 2.45) is 0 Å². The van der Waals surface area contributed by atoms with Gasteiger partial charge in [0.1, 0.15) is 5.82 Å². The maximum atomic E-state index is 10.8. The van der Waals surface area contributed by atoms with Gasteiger partial charge >= 0.3 is 5.97 Å². The highest BCUT2D eigenvalue weighted by molar-refractivity contribution is 5.89. The first-order valence-electron chi connectivity index (χ1n) is 6.42. The fourth-order valence-corrected chi connectivity index (χ4v) is 1.99. The van der Waals surface area contributed by atoms with E-state index in [1.807, 2.05) is 30.3 Å². The predicted octanol–water partition coefficient (Wildman–Crippen LogP) is 2.93. The largest absolute Gasteiger partial charge is 0.478 e. The van der Waals surface area contributed by atoms with Crippen LogP contribution in [0.25, 0.3) is 0 Å². The number of nitrogen functional groups attached to an aromatic ring is 1. The van der Waals surface area contributed by atoms with Gasteiger partial charge in [-0.2, -0.15) is 0 Å². The summed E-state index contributed by atoms with van der Waals surface area (Å²) in [4.78, 5) is 14.9. The molecule has 1 aromatic carbocycles.